The van der Waals surface area contributed by atoms with Crippen molar-refractivity contribution in [3.05, 3.63) is 59.7 Å². The molecule has 0 saturated heterocycles. The highest BCUT2D eigenvalue weighted by Crippen LogP contribution is 2.46. The summed E-state index contributed by atoms with van der Waals surface area (Å²) in [5.41, 5.74) is 4.43. The molecule has 0 heterocycles. The number of rotatable bonds is 7. The predicted octanol–water partition coefficient (Wildman–Crippen LogP) is 4.41. The second-order valence-electron chi connectivity index (χ2n) is 10.1. The SMILES string of the molecule is CN(C(=O)C(CC(=O)O)NC(=O)OCC1c2ccccc2-c2ccccc21)C1CCC2CCCC21. The van der Waals surface area contributed by atoms with Crippen molar-refractivity contribution in [2.45, 2.75) is 56.5 Å². The molecule has 0 aliphatic heterocycles. The molecule has 35 heavy (non-hydrogen) atoms. The van der Waals surface area contributed by atoms with Crippen molar-refractivity contribution in [3.8, 4) is 11.1 Å². The minimum Gasteiger partial charge on any atom is -0.481 e. The van der Waals surface area contributed by atoms with Gasteiger partial charge in [0, 0.05) is 19.0 Å². The average molecular weight is 477 g/mol. The molecule has 0 aromatic heterocycles. The van der Waals surface area contributed by atoms with Crippen molar-refractivity contribution in [1.82, 2.24) is 10.2 Å². The van der Waals surface area contributed by atoms with E-state index in [9.17, 15) is 19.5 Å². The number of nitrogens with one attached hydrogen (secondary N) is 1. The lowest BCUT2D eigenvalue weighted by atomic mass is 9.96. The molecule has 3 aliphatic carbocycles. The molecule has 4 unspecified atom stereocenters. The molecule has 0 radical (unpaired) electrons. The molecule has 2 aromatic rings. The molecule has 3 aliphatic rings. The zero-order valence-electron chi connectivity index (χ0n) is 20.0. The van der Waals surface area contributed by atoms with E-state index in [1.165, 1.54) is 12.8 Å². The average Bonchev–Trinajstić information content (AvgIpc) is 3.55. The topological polar surface area (TPSA) is 95.9 Å². The molecule has 7 heteroatoms. The van der Waals surface area contributed by atoms with Gasteiger partial charge in [-0.25, -0.2) is 4.79 Å². The van der Waals surface area contributed by atoms with Crippen LogP contribution < -0.4 is 5.32 Å². The zero-order chi connectivity index (χ0) is 24.5. The zero-order valence-corrected chi connectivity index (χ0v) is 20.0. The van der Waals surface area contributed by atoms with E-state index in [2.05, 4.69) is 17.4 Å². The van der Waals surface area contributed by atoms with Gasteiger partial charge in [-0.3, -0.25) is 9.59 Å². The molecule has 4 atom stereocenters. The molecular weight excluding hydrogens is 444 g/mol. The third-order valence-corrected chi connectivity index (χ3v) is 8.20. The van der Waals surface area contributed by atoms with Crippen LogP contribution in [0.5, 0.6) is 0 Å². The summed E-state index contributed by atoms with van der Waals surface area (Å²) in [6, 6.07) is 15.0. The van der Waals surface area contributed by atoms with Gasteiger partial charge in [0.1, 0.15) is 12.6 Å². The van der Waals surface area contributed by atoms with Crippen LogP contribution in [0.15, 0.2) is 48.5 Å². The quantitative estimate of drug-likeness (QED) is 0.617. The Morgan fingerprint density at radius 1 is 1.00 bits per heavy atom. The van der Waals surface area contributed by atoms with Gasteiger partial charge in [0.15, 0.2) is 0 Å². The van der Waals surface area contributed by atoms with E-state index in [1.54, 1.807) is 11.9 Å². The second-order valence-corrected chi connectivity index (χ2v) is 10.1. The van der Waals surface area contributed by atoms with Gasteiger partial charge in [-0.2, -0.15) is 0 Å². The fraction of sp³-hybridized carbons (Fsp3) is 0.464. The van der Waals surface area contributed by atoms with Crippen molar-refractivity contribution in [3.63, 3.8) is 0 Å². The van der Waals surface area contributed by atoms with E-state index in [0.717, 1.165) is 41.5 Å². The summed E-state index contributed by atoms with van der Waals surface area (Å²) in [6.07, 6.45) is 4.29. The number of ether oxygens (including phenoxy) is 1. The number of fused-ring (bicyclic) bond motifs is 4. The smallest absolute Gasteiger partial charge is 0.407 e. The largest absolute Gasteiger partial charge is 0.481 e. The molecular formula is C28H32N2O5. The number of carboxylic acid groups (broad SMARTS) is 1. The van der Waals surface area contributed by atoms with Gasteiger partial charge < -0.3 is 20.1 Å². The summed E-state index contributed by atoms with van der Waals surface area (Å²) in [5.74, 6) is -0.478. The van der Waals surface area contributed by atoms with Gasteiger partial charge in [-0.15, -0.1) is 0 Å². The number of hydrogen-bond donors (Lipinski definition) is 2. The van der Waals surface area contributed by atoms with Crippen LogP contribution in [0, 0.1) is 11.8 Å². The lowest BCUT2D eigenvalue weighted by molar-refractivity contribution is -0.143. The number of alkyl carbamates (subject to hydrolysis) is 1. The standard InChI is InChI=1S/C28H32N2O5/c1-30(25-14-13-17-7-6-12-18(17)25)27(33)24(15-26(31)32)29-28(34)35-16-23-21-10-4-2-8-19(21)20-9-3-5-11-22(20)23/h2-5,8-11,17-18,23-25H,6-7,12-16H2,1H3,(H,29,34)(H,31,32). The maximum atomic E-state index is 13.3. The first-order valence-corrected chi connectivity index (χ1v) is 12.5. The maximum absolute atomic E-state index is 13.3. The van der Waals surface area contributed by atoms with Crippen LogP contribution in [0.2, 0.25) is 0 Å². The summed E-state index contributed by atoms with van der Waals surface area (Å²) in [6.45, 7) is 0.107. The number of hydrogen-bond acceptors (Lipinski definition) is 4. The van der Waals surface area contributed by atoms with Crippen LogP contribution in [0.4, 0.5) is 4.79 Å². The summed E-state index contributed by atoms with van der Waals surface area (Å²) < 4.78 is 5.56. The normalized spacial score (nSPS) is 23.2. The second kappa shape index (κ2) is 9.72. The Bertz CT molecular complexity index is 1090. The number of carboxylic acids is 1. The minimum absolute atomic E-state index is 0.107. The van der Waals surface area contributed by atoms with Crippen molar-refractivity contribution in [2.24, 2.45) is 11.8 Å². The number of carbonyl (C=O) groups is 3. The van der Waals surface area contributed by atoms with Crippen LogP contribution in [-0.2, 0) is 14.3 Å². The van der Waals surface area contributed by atoms with E-state index in [4.69, 9.17) is 4.74 Å². The third kappa shape index (κ3) is 4.51. The van der Waals surface area contributed by atoms with Crippen LogP contribution >= 0.6 is 0 Å². The maximum Gasteiger partial charge on any atom is 0.407 e. The number of carbonyl (C=O) groups excluding carboxylic acids is 2. The van der Waals surface area contributed by atoms with Crippen LogP contribution in [0.1, 0.15) is 55.6 Å². The van der Waals surface area contributed by atoms with E-state index in [-0.39, 0.29) is 24.5 Å². The highest BCUT2D eigenvalue weighted by molar-refractivity contribution is 5.89. The lowest BCUT2D eigenvalue weighted by Gasteiger charge is -2.32. The van der Waals surface area contributed by atoms with Crippen LogP contribution in [0.3, 0.4) is 0 Å². The van der Waals surface area contributed by atoms with Crippen molar-refractivity contribution in [1.29, 1.82) is 0 Å². The van der Waals surface area contributed by atoms with E-state index >= 15 is 0 Å². The number of likely N-dealkylation sites (N-methyl/N-ethyl adjacent to an activating group) is 1. The van der Waals surface area contributed by atoms with Crippen molar-refractivity contribution in [2.75, 3.05) is 13.7 Å². The van der Waals surface area contributed by atoms with Gasteiger partial charge in [0.25, 0.3) is 0 Å². The molecule has 2 amide bonds. The number of aliphatic carboxylic acids is 1. The summed E-state index contributed by atoms with van der Waals surface area (Å²) in [7, 11) is 1.74. The van der Waals surface area contributed by atoms with Crippen LogP contribution in [-0.4, -0.2) is 53.7 Å². The van der Waals surface area contributed by atoms with Crippen molar-refractivity contribution >= 4 is 18.0 Å². The molecule has 0 spiro atoms. The van der Waals surface area contributed by atoms with E-state index < -0.39 is 24.5 Å². The van der Waals surface area contributed by atoms with Gasteiger partial charge in [-0.05, 0) is 53.4 Å². The fourth-order valence-corrected chi connectivity index (χ4v) is 6.58. The van der Waals surface area contributed by atoms with Gasteiger partial charge in [0.2, 0.25) is 5.91 Å². The number of amides is 2. The molecule has 2 saturated carbocycles. The summed E-state index contributed by atoms with van der Waals surface area (Å²) >= 11 is 0. The monoisotopic (exact) mass is 476 g/mol. The Morgan fingerprint density at radius 3 is 2.31 bits per heavy atom. The Balaban J connectivity index is 1.25. The Morgan fingerprint density at radius 2 is 1.66 bits per heavy atom. The first-order valence-electron chi connectivity index (χ1n) is 12.5. The van der Waals surface area contributed by atoms with Gasteiger partial charge in [-0.1, -0.05) is 61.4 Å². The molecule has 2 aromatic carbocycles. The first kappa shape index (κ1) is 23.4. The summed E-state index contributed by atoms with van der Waals surface area (Å²) in [4.78, 5) is 39.2. The molecule has 5 rings (SSSR count). The number of benzene rings is 2. The number of nitrogens with zero attached hydrogens (tertiary/aromatic N) is 1. The van der Waals surface area contributed by atoms with E-state index in [0.29, 0.717) is 11.8 Å². The Kier molecular flexibility index (Phi) is 6.50. The van der Waals surface area contributed by atoms with Crippen LogP contribution in [0.25, 0.3) is 11.1 Å². The van der Waals surface area contributed by atoms with Crippen molar-refractivity contribution < 1.29 is 24.2 Å². The molecule has 7 nitrogen and oxygen atoms in total. The first-order chi connectivity index (χ1) is 16.9. The predicted molar refractivity (Wildman–Crippen MR) is 131 cm³/mol. The summed E-state index contributed by atoms with van der Waals surface area (Å²) in [5, 5.41) is 12.0. The lowest BCUT2D eigenvalue weighted by Crippen LogP contribution is -2.52. The molecule has 184 valence electrons. The third-order valence-electron chi connectivity index (χ3n) is 8.20. The molecule has 2 N–H and O–H groups in total. The highest BCUT2D eigenvalue weighted by atomic mass is 16.5. The Hall–Kier alpha value is -3.35. The van der Waals surface area contributed by atoms with Gasteiger partial charge >= 0.3 is 12.1 Å². The minimum atomic E-state index is -1.16. The highest BCUT2D eigenvalue weighted by Gasteiger charge is 2.43. The molecule has 0 bridgehead atoms. The molecule has 2 fully saturated rings. The van der Waals surface area contributed by atoms with Gasteiger partial charge in [0.05, 0.1) is 6.42 Å². The Labute approximate surface area is 205 Å². The fourth-order valence-electron chi connectivity index (χ4n) is 6.58. The van der Waals surface area contributed by atoms with E-state index in [1.807, 2.05) is 36.4 Å².